The lowest BCUT2D eigenvalue weighted by Gasteiger charge is -2.20. The summed E-state index contributed by atoms with van der Waals surface area (Å²) >= 11 is 0. The first-order valence-corrected chi connectivity index (χ1v) is 6.21. The Morgan fingerprint density at radius 2 is 1.71 bits per heavy atom. The molecule has 1 aliphatic heterocycles. The number of aryl methyl sites for hydroxylation is 1. The van der Waals surface area contributed by atoms with Gasteiger partial charge in [-0.3, -0.25) is 0 Å². The lowest BCUT2D eigenvalue weighted by molar-refractivity contribution is 0.288. The Bertz CT molecular complexity index is 561. The van der Waals surface area contributed by atoms with Gasteiger partial charge in [0, 0.05) is 0 Å². The molecule has 1 nitrogen and oxygen atoms in total. The third-order valence-corrected chi connectivity index (χ3v) is 4.06. The Labute approximate surface area is 101 Å². The van der Waals surface area contributed by atoms with Gasteiger partial charge < -0.3 is 4.74 Å². The Balaban J connectivity index is 1.79. The average molecular weight is 222 g/mol. The highest BCUT2D eigenvalue weighted by molar-refractivity contribution is 5.43. The number of fused-ring (bicyclic) bond motifs is 3. The maximum Gasteiger partial charge on any atom is 0.125 e. The van der Waals surface area contributed by atoms with Crippen LogP contribution in [0.2, 0.25) is 0 Å². The second kappa shape index (κ2) is 3.21. The molecule has 1 fully saturated rings. The molecule has 2 aliphatic rings. The molecule has 0 N–H and O–H groups in total. The highest BCUT2D eigenvalue weighted by atomic mass is 16.6. The van der Waals surface area contributed by atoms with E-state index < -0.39 is 0 Å². The van der Waals surface area contributed by atoms with E-state index in [1.165, 1.54) is 16.7 Å². The summed E-state index contributed by atoms with van der Waals surface area (Å²) in [6.45, 7) is 0. The second-order valence-corrected chi connectivity index (χ2v) is 4.95. The number of ether oxygens (including phenoxy) is 1. The molecule has 2 atom stereocenters. The van der Waals surface area contributed by atoms with Crippen LogP contribution >= 0.6 is 0 Å². The normalized spacial score (nSPS) is 29.3. The fourth-order valence-electron chi connectivity index (χ4n) is 3.10. The van der Waals surface area contributed by atoms with Gasteiger partial charge in [-0.1, -0.05) is 54.6 Å². The molecule has 0 aromatic heterocycles. The topological polar surface area (TPSA) is 12.5 Å². The molecule has 1 saturated heterocycles. The van der Waals surface area contributed by atoms with E-state index in [9.17, 15) is 0 Å². The third kappa shape index (κ3) is 1.23. The van der Waals surface area contributed by atoms with Crippen molar-refractivity contribution in [2.45, 2.75) is 24.5 Å². The van der Waals surface area contributed by atoms with Crippen LogP contribution in [-0.2, 0) is 16.8 Å². The van der Waals surface area contributed by atoms with E-state index in [4.69, 9.17) is 4.74 Å². The minimum absolute atomic E-state index is 0.0182. The highest BCUT2D eigenvalue weighted by Gasteiger charge is 2.60. The number of benzene rings is 2. The molecule has 0 bridgehead atoms. The van der Waals surface area contributed by atoms with Gasteiger partial charge in [0.25, 0.3) is 0 Å². The molecule has 84 valence electrons. The van der Waals surface area contributed by atoms with Crippen LogP contribution in [0.4, 0.5) is 0 Å². The lowest BCUT2D eigenvalue weighted by atomic mass is 9.80. The average Bonchev–Trinajstić information content (AvgIpc) is 3.16. The minimum Gasteiger partial charge on any atom is -0.356 e. The van der Waals surface area contributed by atoms with Gasteiger partial charge in [0.15, 0.2) is 0 Å². The van der Waals surface area contributed by atoms with E-state index in [1.807, 2.05) is 0 Å². The summed E-state index contributed by atoms with van der Waals surface area (Å²) in [6, 6.07) is 19.3. The van der Waals surface area contributed by atoms with Crippen molar-refractivity contribution in [3.05, 3.63) is 71.3 Å². The number of epoxide rings is 1. The monoisotopic (exact) mass is 222 g/mol. The van der Waals surface area contributed by atoms with E-state index in [0.29, 0.717) is 0 Å². The summed E-state index contributed by atoms with van der Waals surface area (Å²) in [4.78, 5) is 0. The Morgan fingerprint density at radius 1 is 0.941 bits per heavy atom. The summed E-state index contributed by atoms with van der Waals surface area (Å²) in [6.07, 6.45) is 2.52. The summed E-state index contributed by atoms with van der Waals surface area (Å²) < 4.78 is 6.08. The van der Waals surface area contributed by atoms with Crippen molar-refractivity contribution in [2.75, 3.05) is 0 Å². The zero-order chi connectivity index (χ0) is 11.3. The van der Waals surface area contributed by atoms with E-state index >= 15 is 0 Å². The van der Waals surface area contributed by atoms with E-state index in [2.05, 4.69) is 54.6 Å². The van der Waals surface area contributed by atoms with Crippen LogP contribution < -0.4 is 0 Å². The molecule has 1 heteroatoms. The van der Waals surface area contributed by atoms with Crippen molar-refractivity contribution >= 4 is 0 Å². The van der Waals surface area contributed by atoms with Gasteiger partial charge in [0.1, 0.15) is 11.7 Å². The maximum absolute atomic E-state index is 6.08. The predicted octanol–water partition coefficient (Wildman–Crippen LogP) is 3.60. The van der Waals surface area contributed by atoms with Gasteiger partial charge in [-0.2, -0.15) is 0 Å². The van der Waals surface area contributed by atoms with Crippen LogP contribution in [-0.4, -0.2) is 0 Å². The molecule has 0 radical (unpaired) electrons. The summed E-state index contributed by atoms with van der Waals surface area (Å²) in [5, 5.41) is 0. The number of hydrogen-bond donors (Lipinski definition) is 0. The van der Waals surface area contributed by atoms with Crippen molar-refractivity contribution < 1.29 is 4.74 Å². The zero-order valence-electron chi connectivity index (χ0n) is 9.60. The van der Waals surface area contributed by atoms with Gasteiger partial charge >= 0.3 is 0 Å². The van der Waals surface area contributed by atoms with Crippen molar-refractivity contribution in [1.29, 1.82) is 0 Å². The van der Waals surface area contributed by atoms with E-state index in [0.717, 1.165) is 12.8 Å². The third-order valence-electron chi connectivity index (χ3n) is 4.06. The Hall–Kier alpha value is -1.60. The molecule has 1 heterocycles. The van der Waals surface area contributed by atoms with Gasteiger partial charge in [0.2, 0.25) is 0 Å². The lowest BCUT2D eigenvalue weighted by Crippen LogP contribution is -2.16. The van der Waals surface area contributed by atoms with Crippen molar-refractivity contribution in [3.63, 3.8) is 0 Å². The fraction of sp³-hybridized carbons (Fsp3) is 0.250. The SMILES string of the molecule is c1ccc(C23CCc4ccccc4C2O3)cc1. The van der Waals surface area contributed by atoms with Crippen LogP contribution in [0.5, 0.6) is 0 Å². The van der Waals surface area contributed by atoms with Crippen LogP contribution in [0.1, 0.15) is 29.2 Å². The molecular weight excluding hydrogens is 208 g/mol. The molecule has 2 unspecified atom stereocenters. The quantitative estimate of drug-likeness (QED) is 0.672. The predicted molar refractivity (Wildman–Crippen MR) is 66.7 cm³/mol. The Kier molecular flexibility index (Phi) is 1.78. The molecule has 4 rings (SSSR count). The van der Waals surface area contributed by atoms with Gasteiger partial charge in [0.05, 0.1) is 0 Å². The van der Waals surface area contributed by atoms with Crippen LogP contribution in [0.15, 0.2) is 54.6 Å². The molecule has 0 amide bonds. The molecule has 2 aromatic rings. The first kappa shape index (κ1) is 9.43. The van der Waals surface area contributed by atoms with E-state index in [-0.39, 0.29) is 11.7 Å². The van der Waals surface area contributed by atoms with Gasteiger partial charge in [-0.15, -0.1) is 0 Å². The largest absolute Gasteiger partial charge is 0.356 e. The molecule has 17 heavy (non-hydrogen) atoms. The highest BCUT2D eigenvalue weighted by Crippen LogP contribution is 2.62. The van der Waals surface area contributed by atoms with Crippen molar-refractivity contribution in [1.82, 2.24) is 0 Å². The summed E-state index contributed by atoms with van der Waals surface area (Å²) in [7, 11) is 0. The van der Waals surface area contributed by atoms with Crippen LogP contribution in [0, 0.1) is 0 Å². The van der Waals surface area contributed by atoms with Crippen molar-refractivity contribution in [3.8, 4) is 0 Å². The first-order chi connectivity index (χ1) is 8.40. The first-order valence-electron chi connectivity index (χ1n) is 6.21. The van der Waals surface area contributed by atoms with Crippen LogP contribution in [0.3, 0.4) is 0 Å². The van der Waals surface area contributed by atoms with E-state index in [1.54, 1.807) is 0 Å². The number of hydrogen-bond acceptors (Lipinski definition) is 1. The van der Waals surface area contributed by atoms with Gasteiger partial charge in [-0.05, 0) is 29.5 Å². The standard InChI is InChI=1S/C16H14O/c1-2-7-13(8-3-1)16-11-10-12-6-4-5-9-14(12)15(16)17-16/h1-9,15H,10-11H2. The second-order valence-electron chi connectivity index (χ2n) is 4.95. The molecular formula is C16H14O. The molecule has 0 saturated carbocycles. The summed E-state index contributed by atoms with van der Waals surface area (Å²) in [5.41, 5.74) is 4.17. The molecule has 1 aliphatic carbocycles. The smallest absolute Gasteiger partial charge is 0.125 e. The zero-order valence-corrected chi connectivity index (χ0v) is 9.60. The minimum atomic E-state index is -0.0182. The van der Waals surface area contributed by atoms with Crippen molar-refractivity contribution in [2.24, 2.45) is 0 Å². The van der Waals surface area contributed by atoms with Gasteiger partial charge in [-0.25, -0.2) is 0 Å². The maximum atomic E-state index is 6.08. The molecule has 0 spiro atoms. The Morgan fingerprint density at radius 3 is 2.59 bits per heavy atom. The fourth-order valence-corrected chi connectivity index (χ4v) is 3.10. The molecule has 2 aromatic carbocycles. The number of rotatable bonds is 1. The summed E-state index contributed by atoms with van der Waals surface area (Å²) in [5.74, 6) is 0. The van der Waals surface area contributed by atoms with Crippen LogP contribution in [0.25, 0.3) is 0 Å².